The molecule has 1 fully saturated rings. The number of hydrogen-bond acceptors (Lipinski definition) is 4. The van der Waals surface area contributed by atoms with Crippen LogP contribution in [0.5, 0.6) is 0 Å². The fourth-order valence-corrected chi connectivity index (χ4v) is 1.92. The molecule has 0 aromatic heterocycles. The first-order valence-corrected chi connectivity index (χ1v) is 5.63. The molecule has 0 aliphatic carbocycles. The summed E-state index contributed by atoms with van der Waals surface area (Å²) in [4.78, 5) is 0. The summed E-state index contributed by atoms with van der Waals surface area (Å²) in [5.74, 6) is 5.79. The summed E-state index contributed by atoms with van der Waals surface area (Å²) in [7, 11) is 0. The molecule has 3 N–H and O–H groups in total. The van der Waals surface area contributed by atoms with E-state index in [0.29, 0.717) is 25.6 Å². The second-order valence-corrected chi connectivity index (χ2v) is 4.01. The average molecular weight is 238 g/mol. The van der Waals surface area contributed by atoms with Gasteiger partial charge in [0.25, 0.3) is 6.43 Å². The highest BCUT2D eigenvalue weighted by molar-refractivity contribution is 4.76. The van der Waals surface area contributed by atoms with Crippen LogP contribution in [-0.2, 0) is 9.47 Å². The van der Waals surface area contributed by atoms with Crippen LogP contribution in [0.15, 0.2) is 0 Å². The Balaban J connectivity index is 2.15. The predicted molar refractivity (Wildman–Crippen MR) is 56.1 cm³/mol. The minimum atomic E-state index is -2.40. The van der Waals surface area contributed by atoms with Gasteiger partial charge >= 0.3 is 0 Å². The molecule has 6 heteroatoms. The van der Waals surface area contributed by atoms with Gasteiger partial charge in [-0.05, 0) is 25.2 Å². The smallest absolute Gasteiger partial charge is 0.261 e. The first kappa shape index (κ1) is 13.8. The maximum atomic E-state index is 11.8. The van der Waals surface area contributed by atoms with Crippen LogP contribution in [0.3, 0.4) is 0 Å². The van der Waals surface area contributed by atoms with Crippen LogP contribution in [0, 0.1) is 5.92 Å². The van der Waals surface area contributed by atoms with Crippen LogP contribution in [0.2, 0.25) is 0 Å². The van der Waals surface area contributed by atoms with Gasteiger partial charge in [0.15, 0.2) is 0 Å². The van der Waals surface area contributed by atoms with Crippen LogP contribution in [0.25, 0.3) is 0 Å². The Hall–Kier alpha value is -0.300. The lowest BCUT2D eigenvalue weighted by atomic mass is 9.92. The van der Waals surface area contributed by atoms with Gasteiger partial charge < -0.3 is 9.47 Å². The van der Waals surface area contributed by atoms with Gasteiger partial charge in [-0.2, -0.15) is 0 Å². The normalized spacial score (nSPS) is 23.6. The summed E-state index contributed by atoms with van der Waals surface area (Å²) in [5, 5.41) is 0. The molecule has 0 saturated carbocycles. The van der Waals surface area contributed by atoms with Gasteiger partial charge in [-0.3, -0.25) is 11.3 Å². The van der Waals surface area contributed by atoms with E-state index in [0.717, 1.165) is 19.4 Å². The maximum absolute atomic E-state index is 11.8. The molecule has 1 saturated heterocycles. The van der Waals surface area contributed by atoms with Crippen molar-refractivity contribution in [3.05, 3.63) is 0 Å². The second-order valence-electron chi connectivity index (χ2n) is 4.01. The highest BCUT2D eigenvalue weighted by Gasteiger charge is 2.23. The quantitative estimate of drug-likeness (QED) is 0.393. The zero-order valence-electron chi connectivity index (χ0n) is 9.33. The lowest BCUT2D eigenvalue weighted by Gasteiger charge is -2.29. The third-order valence-corrected chi connectivity index (χ3v) is 2.80. The highest BCUT2D eigenvalue weighted by atomic mass is 19.3. The van der Waals surface area contributed by atoms with Crippen molar-refractivity contribution in [2.45, 2.75) is 31.7 Å². The molecule has 0 aromatic rings. The van der Waals surface area contributed by atoms with E-state index in [2.05, 4.69) is 5.43 Å². The number of nitrogens with two attached hydrogens (primary N) is 1. The molecule has 0 radical (unpaired) electrons. The minimum absolute atomic E-state index is 0.0815. The van der Waals surface area contributed by atoms with Crippen molar-refractivity contribution < 1.29 is 18.3 Å². The Morgan fingerprint density at radius 2 is 2.31 bits per heavy atom. The third kappa shape index (κ3) is 5.16. The number of hydrogen-bond donors (Lipinski definition) is 2. The summed E-state index contributed by atoms with van der Waals surface area (Å²) in [5.41, 5.74) is 2.71. The number of alkyl halides is 2. The van der Waals surface area contributed by atoms with Crippen molar-refractivity contribution in [1.82, 2.24) is 5.43 Å². The molecule has 0 amide bonds. The zero-order chi connectivity index (χ0) is 11.8. The van der Waals surface area contributed by atoms with E-state index in [1.807, 2.05) is 0 Å². The van der Waals surface area contributed by atoms with Crippen molar-refractivity contribution in [1.29, 1.82) is 0 Å². The van der Waals surface area contributed by atoms with Crippen molar-refractivity contribution in [3.63, 3.8) is 0 Å². The van der Waals surface area contributed by atoms with E-state index in [1.165, 1.54) is 0 Å². The first-order chi connectivity index (χ1) is 7.74. The number of ether oxygens (including phenoxy) is 2. The molecule has 0 aromatic carbocycles. The van der Waals surface area contributed by atoms with Crippen molar-refractivity contribution in [2.75, 3.05) is 26.4 Å². The highest BCUT2D eigenvalue weighted by Crippen LogP contribution is 2.19. The van der Waals surface area contributed by atoms with Crippen LogP contribution >= 0.6 is 0 Å². The Labute approximate surface area is 94.4 Å². The summed E-state index contributed by atoms with van der Waals surface area (Å²) in [6.45, 7) is 1.29. The van der Waals surface area contributed by atoms with Crippen molar-refractivity contribution in [2.24, 2.45) is 11.8 Å². The van der Waals surface area contributed by atoms with Gasteiger partial charge in [-0.25, -0.2) is 8.78 Å². The Kier molecular flexibility index (Phi) is 6.79. The summed E-state index contributed by atoms with van der Waals surface area (Å²) in [6.07, 6.45) is 0.323. The van der Waals surface area contributed by atoms with Gasteiger partial charge in [-0.15, -0.1) is 0 Å². The number of halogens is 2. The lowest BCUT2D eigenvalue weighted by molar-refractivity contribution is 0.00324. The maximum Gasteiger partial charge on any atom is 0.261 e. The predicted octanol–water partition coefficient (Wildman–Crippen LogP) is 0.917. The molecule has 0 bridgehead atoms. The van der Waals surface area contributed by atoms with E-state index < -0.39 is 13.0 Å². The zero-order valence-corrected chi connectivity index (χ0v) is 9.33. The number of rotatable bonds is 7. The van der Waals surface area contributed by atoms with E-state index in [9.17, 15) is 8.78 Å². The molecule has 2 unspecified atom stereocenters. The van der Waals surface area contributed by atoms with E-state index in [4.69, 9.17) is 15.3 Å². The molecular weight excluding hydrogens is 218 g/mol. The van der Waals surface area contributed by atoms with E-state index in [1.54, 1.807) is 0 Å². The van der Waals surface area contributed by atoms with Crippen molar-refractivity contribution >= 4 is 0 Å². The molecule has 1 aliphatic rings. The fraction of sp³-hybridized carbons (Fsp3) is 1.00. The van der Waals surface area contributed by atoms with Gasteiger partial charge in [0.05, 0.1) is 6.61 Å². The molecule has 96 valence electrons. The van der Waals surface area contributed by atoms with Crippen molar-refractivity contribution in [3.8, 4) is 0 Å². The molecule has 4 nitrogen and oxygen atoms in total. The standard InChI is InChI=1S/C10H20F2N2O2/c11-10(12)7-16-5-3-9(14-13)8-2-1-4-15-6-8/h8-10,14H,1-7,13H2. The Bertz CT molecular complexity index is 178. The molecule has 0 spiro atoms. The van der Waals surface area contributed by atoms with Crippen LogP contribution in [0.4, 0.5) is 8.78 Å². The SMILES string of the molecule is NNC(CCOCC(F)F)C1CCCOC1. The van der Waals surface area contributed by atoms with Crippen LogP contribution in [-0.4, -0.2) is 38.9 Å². The number of hydrazine groups is 1. The van der Waals surface area contributed by atoms with E-state index >= 15 is 0 Å². The van der Waals surface area contributed by atoms with Gasteiger partial charge in [-0.1, -0.05) is 0 Å². The summed E-state index contributed by atoms with van der Waals surface area (Å²) in [6, 6.07) is 0.0815. The number of nitrogens with one attached hydrogen (secondary N) is 1. The van der Waals surface area contributed by atoms with Crippen LogP contribution in [0.1, 0.15) is 19.3 Å². The average Bonchev–Trinajstić information content (AvgIpc) is 2.30. The molecule has 1 rings (SSSR count). The molecule has 16 heavy (non-hydrogen) atoms. The second kappa shape index (κ2) is 7.89. The summed E-state index contributed by atoms with van der Waals surface area (Å²) < 4.78 is 33.8. The minimum Gasteiger partial charge on any atom is -0.381 e. The Morgan fingerprint density at radius 1 is 1.50 bits per heavy atom. The lowest BCUT2D eigenvalue weighted by Crippen LogP contribution is -2.44. The molecule has 2 atom stereocenters. The third-order valence-electron chi connectivity index (χ3n) is 2.80. The Morgan fingerprint density at radius 3 is 2.88 bits per heavy atom. The van der Waals surface area contributed by atoms with Gasteiger partial charge in [0.2, 0.25) is 0 Å². The first-order valence-electron chi connectivity index (χ1n) is 5.63. The van der Waals surface area contributed by atoms with Crippen LogP contribution < -0.4 is 11.3 Å². The molecule has 1 heterocycles. The fourth-order valence-electron chi connectivity index (χ4n) is 1.92. The van der Waals surface area contributed by atoms with E-state index in [-0.39, 0.29) is 6.04 Å². The summed E-state index contributed by atoms with van der Waals surface area (Å²) >= 11 is 0. The van der Waals surface area contributed by atoms with Gasteiger partial charge in [0.1, 0.15) is 6.61 Å². The monoisotopic (exact) mass is 238 g/mol. The largest absolute Gasteiger partial charge is 0.381 e. The molecule has 1 aliphatic heterocycles. The molecular formula is C10H20F2N2O2. The van der Waals surface area contributed by atoms with Gasteiger partial charge in [0, 0.05) is 19.3 Å². The topological polar surface area (TPSA) is 56.5 Å².